The highest BCUT2D eigenvalue weighted by Crippen LogP contribution is 2.14. The number of hydrogen-bond acceptors (Lipinski definition) is 3. The monoisotopic (exact) mass is 287 g/mol. The summed E-state index contributed by atoms with van der Waals surface area (Å²) >= 11 is 0. The zero-order chi connectivity index (χ0) is 15.1. The van der Waals surface area contributed by atoms with Crippen LogP contribution in [0.4, 0.5) is 0 Å². The number of carbonyl (C=O) groups excluding carboxylic acids is 1. The maximum atomic E-state index is 11.9. The molecule has 2 aromatic rings. The second-order valence-electron chi connectivity index (χ2n) is 5.02. The number of ether oxygens (including phenoxy) is 1. The Morgan fingerprint density at radius 2 is 2.33 bits per heavy atom. The molecule has 0 spiro atoms. The third-order valence-electron chi connectivity index (χ3n) is 3.12. The van der Waals surface area contributed by atoms with Crippen molar-refractivity contribution in [1.29, 1.82) is 0 Å². The van der Waals surface area contributed by atoms with Crippen LogP contribution in [0.3, 0.4) is 0 Å². The van der Waals surface area contributed by atoms with E-state index in [0.29, 0.717) is 6.54 Å². The average Bonchev–Trinajstić information content (AvgIpc) is 2.96. The molecule has 1 aromatic heterocycles. The van der Waals surface area contributed by atoms with Crippen molar-refractivity contribution < 1.29 is 9.53 Å². The molecule has 5 heteroatoms. The predicted octanol–water partition coefficient (Wildman–Crippen LogP) is 2.17. The molecule has 2 rings (SSSR count). The van der Waals surface area contributed by atoms with Crippen LogP contribution in [-0.4, -0.2) is 28.1 Å². The summed E-state index contributed by atoms with van der Waals surface area (Å²) in [6.45, 7) is 5.22. The molecule has 0 bridgehead atoms. The van der Waals surface area contributed by atoms with Gasteiger partial charge in [-0.05, 0) is 38.0 Å². The number of rotatable bonds is 7. The molecule has 0 saturated heterocycles. The van der Waals surface area contributed by atoms with E-state index in [0.717, 1.165) is 24.3 Å². The number of benzene rings is 1. The summed E-state index contributed by atoms with van der Waals surface area (Å²) in [5.74, 6) is 0.623. The van der Waals surface area contributed by atoms with Crippen LogP contribution in [0.2, 0.25) is 0 Å². The highest BCUT2D eigenvalue weighted by Gasteiger charge is 2.13. The summed E-state index contributed by atoms with van der Waals surface area (Å²) in [6, 6.07) is 7.69. The van der Waals surface area contributed by atoms with E-state index >= 15 is 0 Å². The van der Waals surface area contributed by atoms with Gasteiger partial charge in [0.2, 0.25) is 0 Å². The van der Waals surface area contributed by atoms with E-state index in [-0.39, 0.29) is 5.91 Å². The van der Waals surface area contributed by atoms with Gasteiger partial charge in [-0.3, -0.25) is 4.79 Å². The first-order valence-corrected chi connectivity index (χ1v) is 7.12. The molecule has 5 nitrogen and oxygen atoms in total. The van der Waals surface area contributed by atoms with Gasteiger partial charge in [-0.2, -0.15) is 0 Å². The van der Waals surface area contributed by atoms with Gasteiger partial charge in [0, 0.05) is 25.5 Å². The van der Waals surface area contributed by atoms with Crippen molar-refractivity contribution in [3.05, 3.63) is 48.5 Å². The lowest BCUT2D eigenvalue weighted by Gasteiger charge is -2.15. The van der Waals surface area contributed by atoms with Crippen molar-refractivity contribution in [3.8, 4) is 5.75 Å². The standard InChI is InChI=1S/C16H21N3O2/c1-13-5-3-6-15(11-13)21-14(2)16(20)18-7-4-9-19-10-8-17-12-19/h3,5-6,8,10-12,14H,4,7,9H2,1-2H3,(H,18,20)/t14-/m0/s1. The van der Waals surface area contributed by atoms with E-state index < -0.39 is 6.10 Å². The van der Waals surface area contributed by atoms with Crippen LogP contribution in [0.25, 0.3) is 0 Å². The minimum atomic E-state index is -0.500. The summed E-state index contributed by atoms with van der Waals surface area (Å²) in [6.07, 6.45) is 5.78. The average molecular weight is 287 g/mol. The highest BCUT2D eigenvalue weighted by molar-refractivity contribution is 5.80. The molecule has 0 radical (unpaired) electrons. The summed E-state index contributed by atoms with van der Waals surface area (Å²) in [5.41, 5.74) is 1.11. The molecule has 0 saturated carbocycles. The van der Waals surface area contributed by atoms with E-state index in [1.165, 1.54) is 0 Å². The topological polar surface area (TPSA) is 56.1 Å². The lowest BCUT2D eigenvalue weighted by atomic mass is 10.2. The van der Waals surface area contributed by atoms with Gasteiger partial charge < -0.3 is 14.6 Å². The summed E-state index contributed by atoms with van der Waals surface area (Å²) in [4.78, 5) is 15.9. The largest absolute Gasteiger partial charge is 0.481 e. The number of amides is 1. The summed E-state index contributed by atoms with van der Waals surface area (Å²) < 4.78 is 7.62. The zero-order valence-electron chi connectivity index (χ0n) is 12.5. The lowest BCUT2D eigenvalue weighted by Crippen LogP contribution is -2.37. The van der Waals surface area contributed by atoms with Crippen molar-refractivity contribution >= 4 is 5.91 Å². The number of imidazole rings is 1. The molecule has 1 atom stereocenters. The normalized spacial score (nSPS) is 11.9. The molecule has 1 N–H and O–H groups in total. The minimum absolute atomic E-state index is 0.0952. The molecule has 0 aliphatic rings. The Labute approximate surface area is 125 Å². The van der Waals surface area contributed by atoms with E-state index in [1.807, 2.05) is 42.0 Å². The van der Waals surface area contributed by atoms with Gasteiger partial charge in [-0.15, -0.1) is 0 Å². The highest BCUT2D eigenvalue weighted by atomic mass is 16.5. The molecule has 1 aromatic carbocycles. The number of aryl methyl sites for hydroxylation is 2. The van der Waals surface area contributed by atoms with Crippen LogP contribution in [0.5, 0.6) is 5.75 Å². The summed E-state index contributed by atoms with van der Waals surface area (Å²) in [5, 5.41) is 2.88. The number of carbonyl (C=O) groups is 1. The van der Waals surface area contributed by atoms with E-state index in [1.54, 1.807) is 19.4 Å². The SMILES string of the molecule is Cc1cccc(O[C@@H](C)C(=O)NCCCn2ccnc2)c1. The van der Waals surface area contributed by atoms with Gasteiger partial charge in [0.15, 0.2) is 6.10 Å². The smallest absolute Gasteiger partial charge is 0.260 e. The van der Waals surface area contributed by atoms with E-state index in [9.17, 15) is 4.79 Å². The van der Waals surface area contributed by atoms with Gasteiger partial charge in [0.05, 0.1) is 6.33 Å². The molecule has 0 aliphatic heterocycles. The van der Waals surface area contributed by atoms with Crippen molar-refractivity contribution in [1.82, 2.24) is 14.9 Å². The molecule has 0 aliphatic carbocycles. The zero-order valence-corrected chi connectivity index (χ0v) is 12.5. The molecule has 0 fully saturated rings. The van der Waals surface area contributed by atoms with Crippen LogP contribution >= 0.6 is 0 Å². The van der Waals surface area contributed by atoms with Crippen molar-refractivity contribution in [2.75, 3.05) is 6.54 Å². The third-order valence-corrected chi connectivity index (χ3v) is 3.12. The van der Waals surface area contributed by atoms with Gasteiger partial charge >= 0.3 is 0 Å². The number of aromatic nitrogens is 2. The van der Waals surface area contributed by atoms with Crippen LogP contribution in [0.1, 0.15) is 18.9 Å². The van der Waals surface area contributed by atoms with Gasteiger partial charge in [0.1, 0.15) is 5.75 Å². The van der Waals surface area contributed by atoms with Crippen molar-refractivity contribution in [3.63, 3.8) is 0 Å². The van der Waals surface area contributed by atoms with Crippen molar-refractivity contribution in [2.24, 2.45) is 0 Å². The molecule has 1 amide bonds. The van der Waals surface area contributed by atoms with Crippen molar-refractivity contribution in [2.45, 2.75) is 32.9 Å². The first kappa shape index (κ1) is 15.1. The molecule has 0 unspecified atom stereocenters. The Bertz CT molecular complexity index is 567. The maximum Gasteiger partial charge on any atom is 0.260 e. The Balaban J connectivity index is 1.70. The lowest BCUT2D eigenvalue weighted by molar-refractivity contribution is -0.127. The molecule has 21 heavy (non-hydrogen) atoms. The second kappa shape index (κ2) is 7.47. The fraction of sp³-hybridized carbons (Fsp3) is 0.375. The molecular weight excluding hydrogens is 266 g/mol. The van der Waals surface area contributed by atoms with Crippen LogP contribution in [-0.2, 0) is 11.3 Å². The Morgan fingerprint density at radius 1 is 1.48 bits per heavy atom. The molecule has 1 heterocycles. The van der Waals surface area contributed by atoms with Crippen LogP contribution < -0.4 is 10.1 Å². The molecule has 112 valence electrons. The van der Waals surface area contributed by atoms with Gasteiger partial charge in [-0.1, -0.05) is 12.1 Å². The van der Waals surface area contributed by atoms with E-state index in [4.69, 9.17) is 4.74 Å². The van der Waals surface area contributed by atoms with Crippen LogP contribution in [0, 0.1) is 6.92 Å². The number of nitrogens with zero attached hydrogens (tertiary/aromatic N) is 2. The maximum absolute atomic E-state index is 11.9. The number of nitrogens with one attached hydrogen (secondary N) is 1. The first-order chi connectivity index (χ1) is 10.1. The Kier molecular flexibility index (Phi) is 5.37. The van der Waals surface area contributed by atoms with Crippen LogP contribution in [0.15, 0.2) is 43.0 Å². The Morgan fingerprint density at radius 3 is 3.05 bits per heavy atom. The molecular formula is C16H21N3O2. The van der Waals surface area contributed by atoms with Gasteiger partial charge in [0.25, 0.3) is 5.91 Å². The van der Waals surface area contributed by atoms with E-state index in [2.05, 4.69) is 10.3 Å². The quantitative estimate of drug-likeness (QED) is 0.794. The number of hydrogen-bond donors (Lipinski definition) is 1. The Hall–Kier alpha value is -2.30. The summed E-state index contributed by atoms with van der Waals surface area (Å²) in [7, 11) is 0. The third kappa shape index (κ3) is 4.95. The minimum Gasteiger partial charge on any atom is -0.481 e. The van der Waals surface area contributed by atoms with Gasteiger partial charge in [-0.25, -0.2) is 4.98 Å². The predicted molar refractivity (Wildman–Crippen MR) is 81.1 cm³/mol. The fourth-order valence-electron chi connectivity index (χ4n) is 1.98. The first-order valence-electron chi connectivity index (χ1n) is 7.12. The second-order valence-corrected chi connectivity index (χ2v) is 5.02. The fourth-order valence-corrected chi connectivity index (χ4v) is 1.98.